The Morgan fingerprint density at radius 3 is 2.27 bits per heavy atom. The molecule has 9 nitrogen and oxygen atoms in total. The van der Waals surface area contributed by atoms with Gasteiger partial charge in [-0.25, -0.2) is 5.01 Å². The average molecular weight is 364 g/mol. The van der Waals surface area contributed by atoms with Gasteiger partial charge in [0.05, 0.1) is 6.54 Å². The number of hydrogen-bond donors (Lipinski definition) is 2. The highest BCUT2D eigenvalue weighted by atomic mass is 16.2. The predicted molar refractivity (Wildman–Crippen MR) is 93.7 cm³/mol. The molecule has 144 valence electrons. The van der Waals surface area contributed by atoms with Crippen molar-refractivity contribution in [1.29, 1.82) is 0 Å². The Hall–Kier alpha value is -1.71. The Labute approximate surface area is 153 Å². The first kappa shape index (κ1) is 17.7. The van der Waals surface area contributed by atoms with Crippen LogP contribution in [-0.2, 0) is 14.4 Å². The molecule has 4 fully saturated rings. The fraction of sp³-hybridized carbons (Fsp3) is 0.824. The van der Waals surface area contributed by atoms with Gasteiger partial charge in [-0.05, 0) is 12.8 Å². The highest BCUT2D eigenvalue weighted by molar-refractivity contribution is 5.94. The first-order valence-corrected chi connectivity index (χ1v) is 9.74. The highest BCUT2D eigenvalue weighted by Gasteiger charge is 2.58. The third-order valence-corrected chi connectivity index (χ3v) is 6.02. The summed E-state index contributed by atoms with van der Waals surface area (Å²) in [5, 5.41) is 9.66. The van der Waals surface area contributed by atoms with Crippen molar-refractivity contribution in [3.8, 4) is 0 Å². The summed E-state index contributed by atoms with van der Waals surface area (Å²) in [6.07, 6.45) is 2.86. The lowest BCUT2D eigenvalue weighted by Gasteiger charge is -2.50. The van der Waals surface area contributed by atoms with Crippen LogP contribution in [-0.4, -0.2) is 102 Å². The molecule has 0 radical (unpaired) electrons. The Bertz CT molecular complexity index is 593. The van der Waals surface area contributed by atoms with Gasteiger partial charge in [0, 0.05) is 65.2 Å². The molecule has 0 bridgehead atoms. The molecule has 0 aromatic heterocycles. The summed E-state index contributed by atoms with van der Waals surface area (Å²) in [6, 6.07) is 0. The monoisotopic (exact) mass is 364 g/mol. The number of hydrogen-bond acceptors (Lipinski definition) is 6. The first-order chi connectivity index (χ1) is 12.6. The Morgan fingerprint density at radius 2 is 1.54 bits per heavy atom. The number of piperidine rings is 1. The molecule has 2 N–H and O–H groups in total. The van der Waals surface area contributed by atoms with E-state index >= 15 is 0 Å². The Balaban J connectivity index is 1.66. The summed E-state index contributed by atoms with van der Waals surface area (Å²) >= 11 is 0. The van der Waals surface area contributed by atoms with Crippen molar-refractivity contribution in [1.82, 2.24) is 30.5 Å². The van der Waals surface area contributed by atoms with Gasteiger partial charge in [-0.1, -0.05) is 0 Å². The molecule has 4 rings (SSSR count). The fourth-order valence-corrected chi connectivity index (χ4v) is 4.70. The lowest BCUT2D eigenvalue weighted by molar-refractivity contribution is -0.177. The van der Waals surface area contributed by atoms with Gasteiger partial charge >= 0.3 is 0 Å². The van der Waals surface area contributed by atoms with Gasteiger partial charge in [0.2, 0.25) is 11.8 Å². The second kappa shape index (κ2) is 7.13. The van der Waals surface area contributed by atoms with Crippen LogP contribution in [0.1, 0.15) is 25.7 Å². The highest BCUT2D eigenvalue weighted by Crippen LogP contribution is 2.35. The maximum Gasteiger partial charge on any atom is 0.282 e. The predicted octanol–water partition coefficient (Wildman–Crippen LogP) is -1.82. The van der Waals surface area contributed by atoms with Crippen molar-refractivity contribution in [3.63, 3.8) is 0 Å². The van der Waals surface area contributed by atoms with Crippen LogP contribution >= 0.6 is 0 Å². The molecule has 0 aromatic rings. The fourth-order valence-electron chi connectivity index (χ4n) is 4.70. The Kier molecular flexibility index (Phi) is 4.85. The van der Waals surface area contributed by atoms with Crippen molar-refractivity contribution in [2.75, 3.05) is 58.9 Å². The van der Waals surface area contributed by atoms with Gasteiger partial charge in [-0.2, -0.15) is 0 Å². The third kappa shape index (κ3) is 2.78. The third-order valence-electron chi connectivity index (χ3n) is 6.02. The van der Waals surface area contributed by atoms with Crippen molar-refractivity contribution >= 4 is 17.7 Å². The molecule has 9 heteroatoms. The standard InChI is InChI=1S/C17H28N6O3/c24-14-3-1-2-8-22(14)23-9-4-17(16(23)26,20-10-5-18-6-11-20)21-12-7-19-13-15(21)25/h18-19H,1-13H2. The van der Waals surface area contributed by atoms with Crippen LogP contribution in [0.5, 0.6) is 0 Å². The maximum absolute atomic E-state index is 13.7. The van der Waals surface area contributed by atoms with E-state index in [-0.39, 0.29) is 24.3 Å². The summed E-state index contributed by atoms with van der Waals surface area (Å²) in [6.45, 7) is 5.63. The minimum absolute atomic E-state index is 0.0207. The number of amides is 3. The number of nitrogens with one attached hydrogen (secondary N) is 2. The molecule has 0 saturated carbocycles. The zero-order chi connectivity index (χ0) is 18.1. The van der Waals surface area contributed by atoms with Crippen molar-refractivity contribution in [2.24, 2.45) is 0 Å². The Morgan fingerprint density at radius 1 is 0.769 bits per heavy atom. The molecule has 4 heterocycles. The van der Waals surface area contributed by atoms with E-state index in [1.807, 2.05) is 0 Å². The van der Waals surface area contributed by atoms with Crippen LogP contribution < -0.4 is 10.6 Å². The first-order valence-electron chi connectivity index (χ1n) is 9.74. The van der Waals surface area contributed by atoms with E-state index in [2.05, 4.69) is 15.5 Å². The molecule has 3 amide bonds. The summed E-state index contributed by atoms with van der Waals surface area (Å²) in [7, 11) is 0. The summed E-state index contributed by atoms with van der Waals surface area (Å²) in [4.78, 5) is 42.7. The van der Waals surface area contributed by atoms with Crippen LogP contribution in [0.3, 0.4) is 0 Å². The van der Waals surface area contributed by atoms with Gasteiger partial charge in [-0.15, -0.1) is 0 Å². The molecule has 4 aliphatic heterocycles. The SMILES string of the molecule is O=C1CCCCN1N1CCC(N2CCNCC2)(N2CCNCC2=O)C1=O. The molecule has 0 spiro atoms. The van der Waals surface area contributed by atoms with E-state index in [0.29, 0.717) is 39.0 Å². The summed E-state index contributed by atoms with van der Waals surface area (Å²) in [5.74, 6) is -0.118. The second-order valence-electron chi connectivity index (χ2n) is 7.43. The van der Waals surface area contributed by atoms with E-state index in [9.17, 15) is 14.4 Å². The molecule has 4 aliphatic rings. The van der Waals surface area contributed by atoms with Crippen molar-refractivity contribution < 1.29 is 14.4 Å². The molecule has 1 atom stereocenters. The number of carbonyl (C=O) groups is 3. The number of carbonyl (C=O) groups excluding carboxylic acids is 3. The lowest BCUT2D eigenvalue weighted by atomic mass is 10.0. The molecule has 0 aromatic carbocycles. The largest absolute Gasteiger partial charge is 0.314 e. The summed E-state index contributed by atoms with van der Waals surface area (Å²) < 4.78 is 0. The molecule has 4 saturated heterocycles. The van der Waals surface area contributed by atoms with Crippen molar-refractivity contribution in [3.05, 3.63) is 0 Å². The van der Waals surface area contributed by atoms with E-state index in [0.717, 1.165) is 39.0 Å². The van der Waals surface area contributed by atoms with E-state index in [1.54, 1.807) is 14.9 Å². The smallest absolute Gasteiger partial charge is 0.282 e. The molecular weight excluding hydrogens is 336 g/mol. The van der Waals surface area contributed by atoms with Crippen LogP contribution in [0.25, 0.3) is 0 Å². The zero-order valence-electron chi connectivity index (χ0n) is 15.2. The van der Waals surface area contributed by atoms with E-state index in [1.165, 1.54) is 0 Å². The van der Waals surface area contributed by atoms with E-state index in [4.69, 9.17) is 0 Å². The van der Waals surface area contributed by atoms with Gasteiger partial charge in [0.1, 0.15) is 0 Å². The van der Waals surface area contributed by atoms with Gasteiger partial charge in [0.15, 0.2) is 5.66 Å². The van der Waals surface area contributed by atoms with Gasteiger partial charge < -0.3 is 15.5 Å². The minimum Gasteiger partial charge on any atom is -0.314 e. The summed E-state index contributed by atoms with van der Waals surface area (Å²) in [5.41, 5.74) is -0.945. The van der Waals surface area contributed by atoms with Crippen LogP contribution in [0.15, 0.2) is 0 Å². The van der Waals surface area contributed by atoms with Crippen LogP contribution in [0.4, 0.5) is 0 Å². The van der Waals surface area contributed by atoms with Crippen LogP contribution in [0, 0.1) is 0 Å². The number of nitrogens with zero attached hydrogens (tertiary/aromatic N) is 4. The van der Waals surface area contributed by atoms with Crippen molar-refractivity contribution in [2.45, 2.75) is 31.3 Å². The van der Waals surface area contributed by atoms with Gasteiger partial charge in [0.25, 0.3) is 5.91 Å². The topological polar surface area (TPSA) is 88.2 Å². The lowest BCUT2D eigenvalue weighted by Crippen LogP contribution is -2.72. The second-order valence-corrected chi connectivity index (χ2v) is 7.43. The quantitative estimate of drug-likeness (QED) is 0.613. The van der Waals surface area contributed by atoms with Gasteiger partial charge in [-0.3, -0.25) is 24.3 Å². The molecular formula is C17H28N6O3. The molecule has 26 heavy (non-hydrogen) atoms. The normalized spacial score (nSPS) is 31.8. The maximum atomic E-state index is 13.7. The van der Waals surface area contributed by atoms with E-state index < -0.39 is 5.66 Å². The zero-order valence-corrected chi connectivity index (χ0v) is 15.2. The number of hydrazine groups is 1. The number of piperazine rings is 2. The average Bonchev–Trinajstić information content (AvgIpc) is 3.01. The molecule has 0 aliphatic carbocycles. The molecule has 1 unspecified atom stereocenters. The van der Waals surface area contributed by atoms with Crippen LogP contribution in [0.2, 0.25) is 0 Å². The number of rotatable bonds is 3. The minimum atomic E-state index is -0.945.